The van der Waals surface area contributed by atoms with Crippen molar-refractivity contribution in [2.24, 2.45) is 0 Å². The summed E-state index contributed by atoms with van der Waals surface area (Å²) in [6.07, 6.45) is 3.91. The summed E-state index contributed by atoms with van der Waals surface area (Å²) in [6.45, 7) is -0.933. The Kier molecular flexibility index (Phi) is 6.44. The monoisotopic (exact) mass is 482 g/mol. The lowest BCUT2D eigenvalue weighted by Crippen LogP contribution is -2.47. The number of hydrogen-bond donors (Lipinski definition) is 1. The van der Waals surface area contributed by atoms with E-state index in [9.17, 15) is 26.0 Å². The van der Waals surface area contributed by atoms with E-state index < -0.39 is 40.5 Å². The highest BCUT2D eigenvalue weighted by atomic mass is 32.2. The van der Waals surface area contributed by atoms with Crippen LogP contribution in [0.25, 0.3) is 0 Å². The second kappa shape index (κ2) is 9.14. The fourth-order valence-electron chi connectivity index (χ4n) is 4.07. The molecule has 0 saturated heterocycles. The number of rotatable bonds is 6. The summed E-state index contributed by atoms with van der Waals surface area (Å²) >= 11 is 0. The summed E-state index contributed by atoms with van der Waals surface area (Å²) in [5.41, 5.74) is -3.58. The smallest absolute Gasteiger partial charge is 0.361 e. The minimum absolute atomic E-state index is 0.0907. The number of alkyl halides is 3. The zero-order chi connectivity index (χ0) is 23.6. The average molecular weight is 483 g/mol. The number of H-pyrrole nitrogens is 1. The molecular formula is C22H22F4N4O2S. The van der Waals surface area contributed by atoms with Gasteiger partial charge in [0.05, 0.1) is 18.6 Å². The average Bonchev–Trinajstić information content (AvgIpc) is 3.22. The first-order valence-electron chi connectivity index (χ1n) is 10.3. The second-order valence-corrected chi connectivity index (χ2v) is 9.79. The van der Waals surface area contributed by atoms with E-state index >= 15 is 0 Å². The van der Waals surface area contributed by atoms with E-state index in [-0.39, 0.29) is 12.1 Å². The van der Waals surface area contributed by atoms with Gasteiger partial charge in [-0.05, 0) is 30.5 Å². The second-order valence-electron chi connectivity index (χ2n) is 7.86. The van der Waals surface area contributed by atoms with Gasteiger partial charge in [0, 0.05) is 36.6 Å². The minimum Gasteiger partial charge on any atom is -0.361 e. The van der Waals surface area contributed by atoms with Crippen molar-refractivity contribution in [1.29, 1.82) is 0 Å². The molecule has 0 spiro atoms. The molecule has 6 nitrogen and oxygen atoms in total. The van der Waals surface area contributed by atoms with Crippen LogP contribution >= 0.6 is 0 Å². The summed E-state index contributed by atoms with van der Waals surface area (Å²) < 4.78 is 80.2. The highest BCUT2D eigenvalue weighted by Crippen LogP contribution is 2.36. The molecule has 0 saturated carbocycles. The predicted molar refractivity (Wildman–Crippen MR) is 115 cm³/mol. The number of nitrogens with one attached hydrogen (secondary N) is 1. The molecule has 1 atom stereocenters. The summed E-state index contributed by atoms with van der Waals surface area (Å²) in [5, 5.41) is 0. The number of aromatic nitrogens is 2. The predicted octanol–water partition coefficient (Wildman–Crippen LogP) is 4.22. The van der Waals surface area contributed by atoms with Crippen molar-refractivity contribution >= 4 is 15.7 Å². The van der Waals surface area contributed by atoms with Crippen molar-refractivity contribution in [1.82, 2.24) is 14.3 Å². The van der Waals surface area contributed by atoms with E-state index in [4.69, 9.17) is 0 Å². The van der Waals surface area contributed by atoms with Crippen LogP contribution in [-0.4, -0.2) is 40.8 Å². The van der Waals surface area contributed by atoms with E-state index in [0.717, 1.165) is 11.6 Å². The van der Waals surface area contributed by atoms with E-state index in [1.54, 1.807) is 17.2 Å². The molecule has 1 aromatic heterocycles. The lowest BCUT2D eigenvalue weighted by molar-refractivity contribution is -0.0492. The molecule has 3 aromatic rings. The topological polar surface area (TPSA) is 69.3 Å². The number of nitrogens with zero attached hydrogens (tertiary/aromatic N) is 3. The fraction of sp³-hybridized carbons (Fsp3) is 0.318. The van der Waals surface area contributed by atoms with Gasteiger partial charge in [-0.15, -0.1) is 0 Å². The third kappa shape index (κ3) is 4.88. The Hall–Kier alpha value is -2.92. The maximum absolute atomic E-state index is 14.8. The van der Waals surface area contributed by atoms with E-state index in [2.05, 4.69) is 9.97 Å². The summed E-state index contributed by atoms with van der Waals surface area (Å²) in [6, 6.07) is 12.9. The lowest BCUT2D eigenvalue weighted by Gasteiger charge is -2.34. The number of benzene rings is 2. The van der Waals surface area contributed by atoms with Gasteiger partial charge in [-0.1, -0.05) is 36.4 Å². The van der Waals surface area contributed by atoms with Crippen molar-refractivity contribution in [3.05, 3.63) is 83.7 Å². The summed E-state index contributed by atoms with van der Waals surface area (Å²) in [4.78, 5) is 8.69. The SMILES string of the molecule is O=S(=O)(N1Cc2c(F)cccc2N(Cc2cnc[nH]2)[C@H](CCc2ccccc2)C1)C(F)(F)F. The van der Waals surface area contributed by atoms with Gasteiger partial charge in [0.15, 0.2) is 0 Å². The van der Waals surface area contributed by atoms with Crippen LogP contribution in [0, 0.1) is 5.82 Å². The van der Waals surface area contributed by atoms with Crippen molar-refractivity contribution in [3.63, 3.8) is 0 Å². The lowest BCUT2D eigenvalue weighted by atomic mass is 10.0. The van der Waals surface area contributed by atoms with Crippen LogP contribution in [0.2, 0.25) is 0 Å². The third-order valence-electron chi connectivity index (χ3n) is 5.73. The number of hydrogen-bond acceptors (Lipinski definition) is 4. The van der Waals surface area contributed by atoms with Crippen LogP contribution in [-0.2, 0) is 29.5 Å². The van der Waals surface area contributed by atoms with Gasteiger partial charge in [-0.2, -0.15) is 17.5 Å². The minimum atomic E-state index is -5.66. The Balaban J connectivity index is 1.77. The van der Waals surface area contributed by atoms with Crippen molar-refractivity contribution in [3.8, 4) is 0 Å². The maximum atomic E-state index is 14.8. The van der Waals surface area contributed by atoms with Gasteiger partial charge < -0.3 is 9.88 Å². The van der Waals surface area contributed by atoms with Gasteiger partial charge in [0.1, 0.15) is 5.82 Å². The van der Waals surface area contributed by atoms with Gasteiger partial charge in [-0.3, -0.25) is 0 Å². The first kappa shape index (κ1) is 23.2. The molecule has 0 bridgehead atoms. The Morgan fingerprint density at radius 3 is 2.52 bits per heavy atom. The maximum Gasteiger partial charge on any atom is 0.511 e. The van der Waals surface area contributed by atoms with Gasteiger partial charge >= 0.3 is 15.5 Å². The number of sulfonamides is 1. The van der Waals surface area contributed by atoms with Crippen molar-refractivity contribution < 1.29 is 26.0 Å². The quantitative estimate of drug-likeness (QED) is 0.534. The molecule has 2 aromatic carbocycles. The molecule has 1 N–H and O–H groups in total. The van der Waals surface area contributed by atoms with Crippen LogP contribution in [0.4, 0.5) is 23.2 Å². The molecule has 0 unspecified atom stereocenters. The zero-order valence-electron chi connectivity index (χ0n) is 17.5. The molecule has 176 valence electrons. The molecular weight excluding hydrogens is 460 g/mol. The number of aryl methyl sites for hydroxylation is 1. The Morgan fingerprint density at radius 2 is 1.85 bits per heavy atom. The van der Waals surface area contributed by atoms with Crippen molar-refractivity contribution in [2.75, 3.05) is 11.4 Å². The molecule has 1 aliphatic heterocycles. The van der Waals surface area contributed by atoms with Crippen LogP contribution in [0.15, 0.2) is 61.1 Å². The first-order chi connectivity index (χ1) is 15.7. The highest BCUT2D eigenvalue weighted by molar-refractivity contribution is 7.89. The van der Waals surface area contributed by atoms with E-state index in [0.29, 0.717) is 28.5 Å². The van der Waals surface area contributed by atoms with E-state index in [1.807, 2.05) is 30.3 Å². The van der Waals surface area contributed by atoms with E-state index in [1.165, 1.54) is 12.4 Å². The van der Waals surface area contributed by atoms with Gasteiger partial charge in [0.25, 0.3) is 0 Å². The molecule has 2 heterocycles. The highest BCUT2D eigenvalue weighted by Gasteiger charge is 2.51. The Bertz CT molecular complexity index is 1180. The van der Waals surface area contributed by atoms with Gasteiger partial charge in [0.2, 0.25) is 0 Å². The molecule has 0 radical (unpaired) electrons. The summed E-state index contributed by atoms with van der Waals surface area (Å²) in [7, 11) is -5.66. The molecule has 4 rings (SSSR count). The van der Waals surface area contributed by atoms with Gasteiger partial charge in [-0.25, -0.2) is 17.8 Å². The van der Waals surface area contributed by atoms with Crippen LogP contribution in [0.3, 0.4) is 0 Å². The molecule has 0 fully saturated rings. The number of aromatic amines is 1. The normalized spacial score (nSPS) is 17.6. The van der Waals surface area contributed by atoms with Crippen LogP contribution in [0.1, 0.15) is 23.2 Å². The molecule has 33 heavy (non-hydrogen) atoms. The molecule has 11 heteroatoms. The summed E-state index contributed by atoms with van der Waals surface area (Å²) in [5.74, 6) is -0.756. The molecule has 1 aliphatic rings. The number of halogens is 4. The fourth-order valence-corrected chi connectivity index (χ4v) is 5.03. The number of anilines is 1. The molecule has 0 amide bonds. The van der Waals surface area contributed by atoms with Crippen LogP contribution in [0.5, 0.6) is 0 Å². The zero-order valence-corrected chi connectivity index (χ0v) is 18.3. The van der Waals surface area contributed by atoms with Crippen LogP contribution < -0.4 is 4.90 Å². The number of imidazole rings is 1. The third-order valence-corrected chi connectivity index (χ3v) is 7.27. The first-order valence-corrected chi connectivity index (χ1v) is 11.7. The molecule has 0 aliphatic carbocycles. The van der Waals surface area contributed by atoms with Crippen molar-refractivity contribution in [2.45, 2.75) is 37.5 Å². The largest absolute Gasteiger partial charge is 0.511 e. The standard InChI is InChI=1S/C22H22F4N4O2S/c23-20-7-4-8-21-19(20)14-29(33(31,32)22(24,25)26)13-18(10-9-16-5-2-1-3-6-16)30(21)12-17-11-27-15-28-17/h1-8,11,15,18H,9-10,12-14H2,(H,27,28)/t18-/m1/s1. The number of fused-ring (bicyclic) bond motifs is 1. The Labute approximate surface area is 188 Å². The Morgan fingerprint density at radius 1 is 1.09 bits per heavy atom.